The number of anilines is 2. The van der Waals surface area contributed by atoms with Crippen LogP contribution in [0.4, 0.5) is 11.8 Å². The number of nitrogens with one attached hydrogen (secondary N) is 2. The third-order valence-electron chi connectivity index (χ3n) is 3.66. The lowest BCUT2D eigenvalue weighted by Crippen LogP contribution is -2.16. The Hall–Kier alpha value is -2.10. The fraction of sp³-hybridized carbons (Fsp3) is 0.375. The molecule has 3 rings (SSSR count). The molecule has 0 atom stereocenters. The second kappa shape index (κ2) is 6.37. The smallest absolute Gasteiger partial charge is 0.224 e. The van der Waals surface area contributed by atoms with Crippen LogP contribution in [0.5, 0.6) is 0 Å². The van der Waals surface area contributed by atoms with Crippen molar-refractivity contribution in [1.29, 1.82) is 0 Å². The molecule has 1 fully saturated rings. The summed E-state index contributed by atoms with van der Waals surface area (Å²) in [4.78, 5) is 8.78. The molecule has 4 heteroatoms. The number of nitrogens with zero attached hydrogens (tertiary/aromatic N) is 2. The molecule has 0 radical (unpaired) electrons. The normalized spacial score (nSPS) is 15.2. The molecule has 1 heterocycles. The highest BCUT2D eigenvalue weighted by Gasteiger charge is 2.14. The second-order valence-electron chi connectivity index (χ2n) is 5.23. The number of rotatable bonds is 5. The fourth-order valence-corrected chi connectivity index (χ4v) is 2.58. The van der Waals surface area contributed by atoms with Crippen LogP contribution in [0.3, 0.4) is 0 Å². The molecule has 2 aromatic rings. The summed E-state index contributed by atoms with van der Waals surface area (Å²) in [6.45, 7) is 0.744. The zero-order chi connectivity index (χ0) is 13.6. The number of benzene rings is 1. The predicted molar refractivity (Wildman–Crippen MR) is 81.7 cm³/mol. The molecular formula is C16H20N4. The molecule has 1 aromatic heterocycles. The van der Waals surface area contributed by atoms with Gasteiger partial charge in [0.05, 0.1) is 0 Å². The van der Waals surface area contributed by atoms with Gasteiger partial charge in [-0.2, -0.15) is 4.98 Å². The first-order valence-corrected chi connectivity index (χ1v) is 7.27. The van der Waals surface area contributed by atoms with Crippen molar-refractivity contribution < 1.29 is 0 Å². The standard InChI is InChI=1S/C16H20N4/c1-2-6-13(7-3-1)12-18-16-17-11-10-15(20-16)19-14-8-4-5-9-14/h1-3,6-7,10-11,14H,4-5,8-9,12H2,(H2,17,18,19,20). The maximum absolute atomic E-state index is 4.52. The van der Waals surface area contributed by atoms with E-state index in [1.165, 1.54) is 31.2 Å². The molecule has 2 N–H and O–H groups in total. The van der Waals surface area contributed by atoms with E-state index in [2.05, 4.69) is 32.7 Å². The summed E-state index contributed by atoms with van der Waals surface area (Å²) in [7, 11) is 0. The van der Waals surface area contributed by atoms with Crippen molar-refractivity contribution in [2.45, 2.75) is 38.3 Å². The van der Waals surface area contributed by atoms with Gasteiger partial charge in [0.15, 0.2) is 0 Å². The lowest BCUT2D eigenvalue weighted by molar-refractivity contribution is 0.750. The van der Waals surface area contributed by atoms with Crippen LogP contribution in [0, 0.1) is 0 Å². The summed E-state index contributed by atoms with van der Waals surface area (Å²) in [5, 5.41) is 6.75. The molecule has 1 saturated carbocycles. The molecule has 1 aliphatic carbocycles. The van der Waals surface area contributed by atoms with Gasteiger partial charge in [-0.1, -0.05) is 43.2 Å². The van der Waals surface area contributed by atoms with Gasteiger partial charge in [0.2, 0.25) is 5.95 Å². The zero-order valence-electron chi connectivity index (χ0n) is 11.5. The van der Waals surface area contributed by atoms with Crippen molar-refractivity contribution >= 4 is 11.8 Å². The lowest BCUT2D eigenvalue weighted by atomic mass is 10.2. The molecule has 0 spiro atoms. The van der Waals surface area contributed by atoms with Gasteiger partial charge < -0.3 is 10.6 Å². The number of hydrogen-bond acceptors (Lipinski definition) is 4. The zero-order valence-corrected chi connectivity index (χ0v) is 11.5. The number of hydrogen-bond donors (Lipinski definition) is 2. The highest BCUT2D eigenvalue weighted by atomic mass is 15.1. The van der Waals surface area contributed by atoms with Gasteiger partial charge in [-0.05, 0) is 24.5 Å². The Kier molecular flexibility index (Phi) is 4.11. The Balaban J connectivity index is 1.59. The Labute approximate surface area is 119 Å². The van der Waals surface area contributed by atoms with E-state index < -0.39 is 0 Å². The summed E-state index contributed by atoms with van der Waals surface area (Å²) in [5.41, 5.74) is 1.23. The summed E-state index contributed by atoms with van der Waals surface area (Å²) in [5.74, 6) is 1.60. The predicted octanol–water partition coefficient (Wildman–Crippen LogP) is 3.44. The van der Waals surface area contributed by atoms with E-state index in [1.54, 1.807) is 6.20 Å². The van der Waals surface area contributed by atoms with Gasteiger partial charge in [-0.3, -0.25) is 0 Å². The monoisotopic (exact) mass is 268 g/mol. The van der Waals surface area contributed by atoms with Crippen LogP contribution < -0.4 is 10.6 Å². The first-order chi connectivity index (χ1) is 9.90. The van der Waals surface area contributed by atoms with Gasteiger partial charge in [0, 0.05) is 18.8 Å². The summed E-state index contributed by atoms with van der Waals surface area (Å²) in [6.07, 6.45) is 6.94. The van der Waals surface area contributed by atoms with Crippen LogP contribution in [-0.2, 0) is 6.54 Å². The van der Waals surface area contributed by atoms with Crippen molar-refractivity contribution in [2.24, 2.45) is 0 Å². The van der Waals surface area contributed by atoms with Gasteiger partial charge in [-0.25, -0.2) is 4.98 Å². The molecule has 0 unspecified atom stereocenters. The van der Waals surface area contributed by atoms with E-state index in [1.807, 2.05) is 24.3 Å². The Morgan fingerprint density at radius 2 is 1.85 bits per heavy atom. The Bertz CT molecular complexity index is 535. The van der Waals surface area contributed by atoms with Crippen LogP contribution in [0.2, 0.25) is 0 Å². The van der Waals surface area contributed by atoms with Crippen molar-refractivity contribution in [3.8, 4) is 0 Å². The Morgan fingerprint density at radius 1 is 1.05 bits per heavy atom. The minimum absolute atomic E-state index is 0.576. The van der Waals surface area contributed by atoms with Crippen LogP contribution >= 0.6 is 0 Å². The van der Waals surface area contributed by atoms with Gasteiger partial charge in [0.25, 0.3) is 0 Å². The van der Waals surface area contributed by atoms with E-state index in [4.69, 9.17) is 0 Å². The molecule has 0 bridgehead atoms. The quantitative estimate of drug-likeness (QED) is 0.872. The van der Waals surface area contributed by atoms with Gasteiger partial charge in [-0.15, -0.1) is 0 Å². The van der Waals surface area contributed by atoms with E-state index in [9.17, 15) is 0 Å². The van der Waals surface area contributed by atoms with E-state index >= 15 is 0 Å². The highest BCUT2D eigenvalue weighted by Crippen LogP contribution is 2.21. The average Bonchev–Trinajstić information content (AvgIpc) is 3.00. The molecule has 0 saturated heterocycles. The first-order valence-electron chi connectivity index (χ1n) is 7.27. The molecule has 1 aliphatic rings. The second-order valence-corrected chi connectivity index (χ2v) is 5.23. The van der Waals surface area contributed by atoms with Crippen molar-refractivity contribution in [1.82, 2.24) is 9.97 Å². The number of aromatic nitrogens is 2. The first kappa shape index (κ1) is 12.9. The van der Waals surface area contributed by atoms with E-state index in [-0.39, 0.29) is 0 Å². The SMILES string of the molecule is c1ccc(CNc2nccc(NC3CCCC3)n2)cc1. The molecule has 0 amide bonds. The van der Waals surface area contributed by atoms with Crippen LogP contribution in [0.1, 0.15) is 31.2 Å². The van der Waals surface area contributed by atoms with Crippen molar-refractivity contribution in [3.63, 3.8) is 0 Å². The lowest BCUT2D eigenvalue weighted by Gasteiger charge is -2.13. The maximum atomic E-state index is 4.52. The van der Waals surface area contributed by atoms with Gasteiger partial charge in [0.1, 0.15) is 5.82 Å². The molecule has 104 valence electrons. The maximum Gasteiger partial charge on any atom is 0.224 e. The largest absolute Gasteiger partial charge is 0.367 e. The topological polar surface area (TPSA) is 49.8 Å². The summed E-state index contributed by atoms with van der Waals surface area (Å²) >= 11 is 0. The van der Waals surface area contributed by atoms with Gasteiger partial charge >= 0.3 is 0 Å². The minimum atomic E-state index is 0.576. The van der Waals surface area contributed by atoms with Crippen LogP contribution in [0.25, 0.3) is 0 Å². The van der Waals surface area contributed by atoms with E-state index in [0.717, 1.165) is 12.4 Å². The van der Waals surface area contributed by atoms with Crippen molar-refractivity contribution in [2.75, 3.05) is 10.6 Å². The van der Waals surface area contributed by atoms with Crippen LogP contribution in [-0.4, -0.2) is 16.0 Å². The average molecular weight is 268 g/mol. The summed E-state index contributed by atoms with van der Waals surface area (Å²) in [6, 6.07) is 12.8. The van der Waals surface area contributed by atoms with E-state index in [0.29, 0.717) is 12.0 Å². The molecular weight excluding hydrogens is 248 g/mol. The third-order valence-corrected chi connectivity index (χ3v) is 3.66. The molecule has 4 nitrogen and oxygen atoms in total. The highest BCUT2D eigenvalue weighted by molar-refractivity contribution is 5.40. The van der Waals surface area contributed by atoms with Crippen molar-refractivity contribution in [3.05, 3.63) is 48.2 Å². The molecule has 0 aliphatic heterocycles. The molecule has 20 heavy (non-hydrogen) atoms. The summed E-state index contributed by atoms with van der Waals surface area (Å²) < 4.78 is 0. The molecule has 1 aromatic carbocycles. The minimum Gasteiger partial charge on any atom is -0.367 e. The Morgan fingerprint density at radius 3 is 2.65 bits per heavy atom. The fourth-order valence-electron chi connectivity index (χ4n) is 2.58. The third kappa shape index (κ3) is 3.47. The van der Waals surface area contributed by atoms with Crippen LogP contribution in [0.15, 0.2) is 42.6 Å².